The Morgan fingerprint density at radius 3 is 2.68 bits per heavy atom. The number of rotatable bonds is 2. The van der Waals surface area contributed by atoms with Crippen molar-refractivity contribution in [3.63, 3.8) is 0 Å². The maximum Gasteiger partial charge on any atom is 0.191 e. The molecular formula is C17H14Cl2N2O. The Labute approximate surface area is 138 Å². The van der Waals surface area contributed by atoms with Gasteiger partial charge in [-0.3, -0.25) is 9.78 Å². The van der Waals surface area contributed by atoms with Gasteiger partial charge in [0.2, 0.25) is 0 Å². The molecule has 1 heterocycles. The van der Waals surface area contributed by atoms with Crippen molar-refractivity contribution in [1.29, 1.82) is 0 Å². The largest absolute Gasteiger partial charge is 0.326 e. The van der Waals surface area contributed by atoms with E-state index in [2.05, 4.69) is 11.6 Å². The molecular weight excluding hydrogens is 319 g/mol. The van der Waals surface area contributed by atoms with E-state index in [4.69, 9.17) is 28.9 Å². The summed E-state index contributed by atoms with van der Waals surface area (Å²) in [5, 5.41) is 1.03. The molecule has 1 aromatic heterocycles. The molecule has 0 bridgehead atoms. The van der Waals surface area contributed by atoms with Crippen LogP contribution in [0.25, 0.3) is 11.1 Å². The van der Waals surface area contributed by atoms with Crippen molar-refractivity contribution in [3.05, 3.63) is 62.9 Å². The average molecular weight is 333 g/mol. The first kappa shape index (κ1) is 15.2. The monoisotopic (exact) mass is 332 g/mol. The van der Waals surface area contributed by atoms with Crippen LogP contribution in [0.2, 0.25) is 10.0 Å². The Hall–Kier alpha value is -1.68. The number of pyridine rings is 1. The molecule has 1 aliphatic carbocycles. The average Bonchev–Trinajstić information content (AvgIpc) is 2.73. The Morgan fingerprint density at radius 1 is 1.32 bits per heavy atom. The van der Waals surface area contributed by atoms with Crippen LogP contribution < -0.4 is 5.73 Å². The van der Waals surface area contributed by atoms with Gasteiger partial charge < -0.3 is 5.73 Å². The van der Waals surface area contributed by atoms with Gasteiger partial charge in [-0.2, -0.15) is 0 Å². The lowest BCUT2D eigenvalue weighted by Crippen LogP contribution is -2.10. The van der Waals surface area contributed by atoms with Crippen molar-refractivity contribution in [3.8, 4) is 11.1 Å². The van der Waals surface area contributed by atoms with Gasteiger partial charge in [-0.15, -0.1) is 0 Å². The van der Waals surface area contributed by atoms with E-state index >= 15 is 0 Å². The summed E-state index contributed by atoms with van der Waals surface area (Å²) >= 11 is 12.3. The summed E-state index contributed by atoms with van der Waals surface area (Å²) in [4.78, 5) is 17.0. The molecule has 3 nitrogen and oxygen atoms in total. The standard InChI is InChI=1S/C17H14Cl2N2O/c1-8-5-14-16(17(8)22)15(12(7-20)9(2)21-14)11-4-3-10(18)6-13(11)19/h3-4,6H,1,5,7,20H2,2H3. The number of aromatic nitrogens is 1. The van der Waals surface area contributed by atoms with Gasteiger partial charge in [0, 0.05) is 39.8 Å². The number of aryl methyl sites for hydroxylation is 1. The minimum Gasteiger partial charge on any atom is -0.326 e. The predicted octanol–water partition coefficient (Wildman–Crippen LogP) is 4.12. The fourth-order valence-corrected chi connectivity index (χ4v) is 3.38. The first-order chi connectivity index (χ1) is 10.4. The number of carbonyl (C=O) groups is 1. The smallest absolute Gasteiger partial charge is 0.191 e. The van der Waals surface area contributed by atoms with Crippen LogP contribution in [0.1, 0.15) is 27.3 Å². The molecule has 22 heavy (non-hydrogen) atoms. The minimum atomic E-state index is -0.0850. The quantitative estimate of drug-likeness (QED) is 0.841. The molecule has 0 saturated carbocycles. The van der Waals surface area contributed by atoms with E-state index in [1.807, 2.05) is 13.0 Å². The van der Waals surface area contributed by atoms with E-state index in [1.165, 1.54) is 0 Å². The Bertz CT molecular complexity index is 828. The fraction of sp³-hybridized carbons (Fsp3) is 0.176. The molecule has 1 aromatic carbocycles. The molecule has 3 rings (SSSR count). The summed E-state index contributed by atoms with van der Waals surface area (Å²) in [5.74, 6) is -0.0850. The number of Topliss-reactive ketones (excluding diaryl/α,β-unsaturated/α-hetero) is 1. The maximum atomic E-state index is 12.5. The molecule has 5 heteroatoms. The Morgan fingerprint density at radius 2 is 2.05 bits per heavy atom. The highest BCUT2D eigenvalue weighted by Crippen LogP contribution is 2.40. The zero-order valence-electron chi connectivity index (χ0n) is 12.0. The summed E-state index contributed by atoms with van der Waals surface area (Å²) in [7, 11) is 0. The second-order valence-corrected chi connectivity index (χ2v) is 6.15. The zero-order chi connectivity index (χ0) is 16.0. The van der Waals surface area contributed by atoms with Crippen molar-refractivity contribution in [2.24, 2.45) is 5.73 Å². The van der Waals surface area contributed by atoms with Crippen LogP contribution in [0.4, 0.5) is 0 Å². The van der Waals surface area contributed by atoms with Gasteiger partial charge in [-0.1, -0.05) is 35.8 Å². The molecule has 0 atom stereocenters. The number of carbonyl (C=O) groups excluding carboxylic acids is 1. The number of fused-ring (bicyclic) bond motifs is 1. The van der Waals surface area contributed by atoms with Crippen LogP contribution in [0.15, 0.2) is 30.4 Å². The van der Waals surface area contributed by atoms with Crippen molar-refractivity contribution in [2.45, 2.75) is 19.9 Å². The van der Waals surface area contributed by atoms with E-state index in [0.29, 0.717) is 27.6 Å². The summed E-state index contributed by atoms with van der Waals surface area (Å²) in [5.41, 5.74) is 10.9. The van der Waals surface area contributed by atoms with Gasteiger partial charge in [0.05, 0.1) is 11.3 Å². The summed E-state index contributed by atoms with van der Waals surface area (Å²) < 4.78 is 0. The maximum absolute atomic E-state index is 12.5. The number of hydrogen-bond donors (Lipinski definition) is 1. The second kappa shape index (κ2) is 5.51. The number of benzene rings is 1. The van der Waals surface area contributed by atoms with Gasteiger partial charge in [0.25, 0.3) is 0 Å². The molecule has 0 saturated heterocycles. The summed E-state index contributed by atoms with van der Waals surface area (Å²) in [6, 6.07) is 5.22. The number of nitrogens with zero attached hydrogens (tertiary/aromatic N) is 1. The van der Waals surface area contributed by atoms with Crippen molar-refractivity contribution < 1.29 is 4.79 Å². The highest BCUT2D eigenvalue weighted by Gasteiger charge is 2.31. The molecule has 0 unspecified atom stereocenters. The first-order valence-corrected chi connectivity index (χ1v) is 7.60. The number of nitrogens with two attached hydrogens (primary N) is 1. The van der Waals surface area contributed by atoms with E-state index in [1.54, 1.807) is 12.1 Å². The van der Waals surface area contributed by atoms with Crippen molar-refractivity contribution in [1.82, 2.24) is 4.98 Å². The highest BCUT2D eigenvalue weighted by atomic mass is 35.5. The number of hydrogen-bond acceptors (Lipinski definition) is 3. The minimum absolute atomic E-state index is 0.0850. The first-order valence-electron chi connectivity index (χ1n) is 6.84. The third-order valence-corrected chi connectivity index (χ3v) is 4.46. The lowest BCUT2D eigenvalue weighted by atomic mass is 9.92. The fourth-order valence-electron chi connectivity index (χ4n) is 2.87. The Kier molecular flexibility index (Phi) is 3.81. The topological polar surface area (TPSA) is 56.0 Å². The molecule has 0 amide bonds. The van der Waals surface area contributed by atoms with E-state index < -0.39 is 0 Å². The van der Waals surface area contributed by atoms with Gasteiger partial charge in [0.1, 0.15) is 0 Å². The normalized spacial score (nSPS) is 13.6. The lowest BCUT2D eigenvalue weighted by Gasteiger charge is -2.16. The van der Waals surface area contributed by atoms with Gasteiger partial charge >= 0.3 is 0 Å². The summed E-state index contributed by atoms with van der Waals surface area (Å²) in [6.07, 6.45) is 0.470. The van der Waals surface area contributed by atoms with Gasteiger partial charge in [-0.05, 0) is 30.2 Å². The van der Waals surface area contributed by atoms with E-state index in [0.717, 1.165) is 28.1 Å². The van der Waals surface area contributed by atoms with Crippen LogP contribution in [0.3, 0.4) is 0 Å². The molecule has 1 aliphatic rings. The lowest BCUT2D eigenvalue weighted by molar-refractivity contribution is 0.104. The van der Waals surface area contributed by atoms with Gasteiger partial charge in [0.15, 0.2) is 5.78 Å². The van der Waals surface area contributed by atoms with Crippen LogP contribution in [0.5, 0.6) is 0 Å². The molecule has 0 aliphatic heterocycles. The third-order valence-electron chi connectivity index (χ3n) is 3.91. The number of ketones is 1. The molecule has 112 valence electrons. The SMILES string of the molecule is C=C1Cc2nc(C)c(CN)c(-c3ccc(Cl)cc3Cl)c2C1=O. The summed E-state index contributed by atoms with van der Waals surface area (Å²) in [6.45, 7) is 6.00. The molecule has 0 fully saturated rings. The van der Waals surface area contributed by atoms with Crippen molar-refractivity contribution >= 4 is 29.0 Å². The highest BCUT2D eigenvalue weighted by molar-refractivity contribution is 6.36. The van der Waals surface area contributed by atoms with Gasteiger partial charge in [-0.25, -0.2) is 0 Å². The third kappa shape index (κ3) is 2.26. The van der Waals surface area contributed by atoms with E-state index in [-0.39, 0.29) is 12.3 Å². The van der Waals surface area contributed by atoms with E-state index in [9.17, 15) is 4.79 Å². The molecule has 0 spiro atoms. The van der Waals surface area contributed by atoms with Crippen LogP contribution >= 0.6 is 23.2 Å². The number of halogens is 2. The number of allylic oxidation sites excluding steroid dienone is 1. The van der Waals surface area contributed by atoms with Crippen LogP contribution in [0, 0.1) is 6.92 Å². The second-order valence-electron chi connectivity index (χ2n) is 5.31. The van der Waals surface area contributed by atoms with Crippen LogP contribution in [-0.4, -0.2) is 10.8 Å². The molecule has 2 aromatic rings. The zero-order valence-corrected chi connectivity index (χ0v) is 13.6. The molecule has 0 radical (unpaired) electrons. The van der Waals surface area contributed by atoms with Crippen LogP contribution in [-0.2, 0) is 13.0 Å². The van der Waals surface area contributed by atoms with Crippen molar-refractivity contribution in [2.75, 3.05) is 0 Å². The predicted molar refractivity (Wildman–Crippen MR) is 89.5 cm³/mol. The Balaban J connectivity index is 2.40. The molecule has 2 N–H and O–H groups in total.